The molecule has 0 radical (unpaired) electrons. The van der Waals surface area contributed by atoms with E-state index < -0.39 is 0 Å². The topological polar surface area (TPSA) is 63.1 Å². The Labute approximate surface area is 160 Å². The van der Waals surface area contributed by atoms with Gasteiger partial charge in [-0.25, -0.2) is 9.78 Å². The predicted octanol–water partition coefficient (Wildman–Crippen LogP) is 4.45. The second-order valence-electron chi connectivity index (χ2n) is 6.25. The molecule has 1 aliphatic rings. The van der Waals surface area contributed by atoms with Crippen molar-refractivity contribution in [3.63, 3.8) is 0 Å². The molecular weight excluding hydrogens is 370 g/mol. The molecule has 1 unspecified atom stereocenters. The lowest BCUT2D eigenvalue weighted by Crippen LogP contribution is -2.33. The fourth-order valence-corrected chi connectivity index (χ4v) is 3.91. The largest absolute Gasteiger partial charge is 0.322 e. The zero-order valence-electron chi connectivity index (χ0n) is 14.2. The minimum atomic E-state index is -0.106. The van der Waals surface area contributed by atoms with Crippen LogP contribution in [0, 0.1) is 6.92 Å². The van der Waals surface area contributed by atoms with Crippen molar-refractivity contribution in [2.24, 2.45) is 0 Å². The van der Waals surface area contributed by atoms with Gasteiger partial charge in [-0.15, -0.1) is 11.3 Å². The Kier molecular flexibility index (Phi) is 4.65. The Balaban J connectivity index is 1.47. The maximum Gasteiger partial charge on any atom is 0.321 e. The number of carbonyl (C=O) groups is 1. The smallest absolute Gasteiger partial charge is 0.321 e. The first-order valence-corrected chi connectivity index (χ1v) is 9.63. The molecule has 2 amide bonds. The SMILES string of the molecule is Cc1nc(-c2ccccc2NC(=O)N2CCC(n3cc(Cl)cn3)C2)cs1. The Morgan fingerprint density at radius 3 is 2.96 bits per heavy atom. The zero-order valence-corrected chi connectivity index (χ0v) is 15.8. The number of aryl methyl sites for hydroxylation is 1. The highest BCUT2D eigenvalue weighted by molar-refractivity contribution is 7.09. The fraction of sp³-hybridized carbons (Fsp3) is 0.278. The van der Waals surface area contributed by atoms with Crippen LogP contribution in [0.4, 0.5) is 10.5 Å². The van der Waals surface area contributed by atoms with E-state index in [0.717, 1.165) is 28.4 Å². The molecule has 1 fully saturated rings. The Hall–Kier alpha value is -2.38. The summed E-state index contributed by atoms with van der Waals surface area (Å²) in [5.74, 6) is 0. The van der Waals surface area contributed by atoms with Crippen molar-refractivity contribution in [2.45, 2.75) is 19.4 Å². The fourth-order valence-electron chi connectivity index (χ4n) is 3.15. The number of benzene rings is 1. The summed E-state index contributed by atoms with van der Waals surface area (Å²) in [5, 5.41) is 10.9. The molecular formula is C18H18ClN5OS. The van der Waals surface area contributed by atoms with E-state index in [1.54, 1.807) is 23.7 Å². The van der Waals surface area contributed by atoms with E-state index in [1.807, 2.05) is 46.2 Å². The number of anilines is 1. The third-order valence-corrected chi connectivity index (χ3v) is 5.43. The summed E-state index contributed by atoms with van der Waals surface area (Å²) in [7, 11) is 0. The molecule has 2 aromatic heterocycles. The number of carbonyl (C=O) groups excluding carboxylic acids is 1. The molecule has 1 N–H and O–H groups in total. The average Bonchev–Trinajstić information content (AvgIpc) is 3.36. The molecule has 6 nitrogen and oxygen atoms in total. The number of nitrogens with zero attached hydrogens (tertiary/aromatic N) is 4. The van der Waals surface area contributed by atoms with Gasteiger partial charge in [-0.2, -0.15) is 5.10 Å². The molecule has 3 heterocycles. The van der Waals surface area contributed by atoms with E-state index in [2.05, 4.69) is 15.4 Å². The molecule has 1 atom stereocenters. The minimum absolute atomic E-state index is 0.106. The molecule has 26 heavy (non-hydrogen) atoms. The van der Waals surface area contributed by atoms with Crippen LogP contribution < -0.4 is 5.32 Å². The van der Waals surface area contributed by atoms with Gasteiger partial charge in [-0.3, -0.25) is 4.68 Å². The number of likely N-dealkylation sites (tertiary alicyclic amines) is 1. The first-order chi connectivity index (χ1) is 12.6. The van der Waals surface area contributed by atoms with Crippen LogP contribution in [0.25, 0.3) is 11.3 Å². The van der Waals surface area contributed by atoms with Crippen LogP contribution in [0.5, 0.6) is 0 Å². The molecule has 4 rings (SSSR count). The van der Waals surface area contributed by atoms with Gasteiger partial charge in [0.25, 0.3) is 0 Å². The molecule has 1 aliphatic heterocycles. The lowest BCUT2D eigenvalue weighted by atomic mass is 10.1. The van der Waals surface area contributed by atoms with Gasteiger partial charge in [-0.1, -0.05) is 29.8 Å². The van der Waals surface area contributed by atoms with Crippen molar-refractivity contribution in [1.29, 1.82) is 0 Å². The third-order valence-electron chi connectivity index (χ3n) is 4.46. The first kappa shape index (κ1) is 17.1. The van der Waals surface area contributed by atoms with Crippen LogP contribution in [0.1, 0.15) is 17.5 Å². The van der Waals surface area contributed by atoms with Crippen molar-refractivity contribution in [1.82, 2.24) is 19.7 Å². The van der Waals surface area contributed by atoms with Crippen molar-refractivity contribution < 1.29 is 4.79 Å². The average molecular weight is 388 g/mol. The van der Waals surface area contributed by atoms with Crippen molar-refractivity contribution in [3.8, 4) is 11.3 Å². The molecule has 0 saturated carbocycles. The van der Waals surface area contributed by atoms with Crippen LogP contribution in [0.15, 0.2) is 42.0 Å². The van der Waals surface area contributed by atoms with Crippen LogP contribution in [-0.4, -0.2) is 38.8 Å². The number of amides is 2. The first-order valence-electron chi connectivity index (χ1n) is 8.37. The van der Waals surface area contributed by atoms with Gasteiger partial charge in [-0.05, 0) is 19.4 Å². The molecule has 0 bridgehead atoms. The van der Waals surface area contributed by atoms with Crippen molar-refractivity contribution in [3.05, 3.63) is 52.1 Å². The highest BCUT2D eigenvalue weighted by Crippen LogP contribution is 2.30. The number of urea groups is 1. The second kappa shape index (κ2) is 7.09. The summed E-state index contributed by atoms with van der Waals surface area (Å²) in [6, 6.07) is 7.80. The monoisotopic (exact) mass is 387 g/mol. The molecule has 0 aliphatic carbocycles. The lowest BCUT2D eigenvalue weighted by Gasteiger charge is -2.18. The molecule has 3 aromatic rings. The normalized spacial score (nSPS) is 16.8. The maximum absolute atomic E-state index is 12.7. The quantitative estimate of drug-likeness (QED) is 0.722. The Bertz CT molecular complexity index is 937. The second-order valence-corrected chi connectivity index (χ2v) is 7.75. The van der Waals surface area contributed by atoms with E-state index in [4.69, 9.17) is 11.6 Å². The van der Waals surface area contributed by atoms with E-state index >= 15 is 0 Å². The lowest BCUT2D eigenvalue weighted by molar-refractivity contribution is 0.220. The van der Waals surface area contributed by atoms with Crippen molar-refractivity contribution in [2.75, 3.05) is 18.4 Å². The van der Waals surface area contributed by atoms with Crippen LogP contribution in [-0.2, 0) is 0 Å². The number of para-hydroxylation sites is 1. The molecule has 8 heteroatoms. The summed E-state index contributed by atoms with van der Waals surface area (Å²) >= 11 is 7.54. The van der Waals surface area contributed by atoms with Crippen molar-refractivity contribution >= 4 is 34.7 Å². The standard InChI is InChI=1S/C18H18ClN5OS/c1-12-21-17(11-26-12)15-4-2-3-5-16(15)22-18(25)23-7-6-14(10-23)24-9-13(19)8-20-24/h2-5,8-9,11,14H,6-7,10H2,1H3,(H,22,25). The zero-order chi connectivity index (χ0) is 18.1. The number of rotatable bonds is 3. The number of hydrogen-bond donors (Lipinski definition) is 1. The summed E-state index contributed by atoms with van der Waals surface area (Å²) in [5.41, 5.74) is 2.59. The molecule has 1 aromatic carbocycles. The molecule has 1 saturated heterocycles. The van der Waals surface area contributed by atoms with E-state index in [9.17, 15) is 4.79 Å². The van der Waals surface area contributed by atoms with Gasteiger partial charge >= 0.3 is 6.03 Å². The van der Waals surface area contributed by atoms with Gasteiger partial charge in [0.2, 0.25) is 0 Å². The minimum Gasteiger partial charge on any atom is -0.322 e. The summed E-state index contributed by atoms with van der Waals surface area (Å²) in [6.45, 7) is 3.27. The van der Waals surface area contributed by atoms with E-state index in [1.165, 1.54) is 0 Å². The van der Waals surface area contributed by atoms with Gasteiger partial charge < -0.3 is 10.2 Å². The van der Waals surface area contributed by atoms with Crippen LogP contribution in [0.3, 0.4) is 0 Å². The van der Waals surface area contributed by atoms with Gasteiger partial charge in [0, 0.05) is 30.2 Å². The Morgan fingerprint density at radius 2 is 2.23 bits per heavy atom. The summed E-state index contributed by atoms with van der Waals surface area (Å²) in [4.78, 5) is 19.1. The van der Waals surface area contributed by atoms with E-state index in [-0.39, 0.29) is 12.1 Å². The van der Waals surface area contributed by atoms with Gasteiger partial charge in [0.15, 0.2) is 0 Å². The molecule has 0 spiro atoms. The summed E-state index contributed by atoms with van der Waals surface area (Å²) < 4.78 is 1.83. The third kappa shape index (κ3) is 3.45. The number of halogens is 1. The van der Waals surface area contributed by atoms with Gasteiger partial charge in [0.05, 0.1) is 33.7 Å². The number of nitrogens with one attached hydrogen (secondary N) is 1. The summed E-state index contributed by atoms with van der Waals surface area (Å²) in [6.07, 6.45) is 4.28. The van der Waals surface area contributed by atoms with E-state index in [0.29, 0.717) is 18.1 Å². The maximum atomic E-state index is 12.7. The van der Waals surface area contributed by atoms with Crippen LogP contribution in [0.2, 0.25) is 5.02 Å². The Morgan fingerprint density at radius 1 is 1.38 bits per heavy atom. The highest BCUT2D eigenvalue weighted by atomic mass is 35.5. The number of thiazole rings is 1. The molecule has 134 valence electrons. The van der Waals surface area contributed by atoms with Gasteiger partial charge in [0.1, 0.15) is 0 Å². The number of hydrogen-bond acceptors (Lipinski definition) is 4. The number of aromatic nitrogens is 3. The highest BCUT2D eigenvalue weighted by Gasteiger charge is 2.28. The predicted molar refractivity (Wildman–Crippen MR) is 104 cm³/mol. The van der Waals surface area contributed by atoms with Crippen LogP contribution >= 0.6 is 22.9 Å².